The van der Waals surface area contributed by atoms with Crippen LogP contribution in [0.3, 0.4) is 0 Å². The fourth-order valence-corrected chi connectivity index (χ4v) is 1.98. The normalized spacial score (nSPS) is 18.1. The van der Waals surface area contributed by atoms with E-state index in [0.717, 1.165) is 4.90 Å². The molecule has 0 atom stereocenters. The summed E-state index contributed by atoms with van der Waals surface area (Å²) >= 11 is 3.17. The van der Waals surface area contributed by atoms with Crippen molar-refractivity contribution in [3.05, 3.63) is 28.2 Å². The Morgan fingerprint density at radius 1 is 1.44 bits per heavy atom. The Morgan fingerprint density at radius 3 is 2.62 bits per heavy atom. The molecule has 6 heteroatoms. The molecule has 0 radical (unpaired) electrons. The maximum absolute atomic E-state index is 12.6. The van der Waals surface area contributed by atoms with Crippen LogP contribution < -0.4 is 5.73 Å². The lowest BCUT2D eigenvalue weighted by Gasteiger charge is -2.38. The summed E-state index contributed by atoms with van der Waals surface area (Å²) in [6, 6.07) is 4.80. The van der Waals surface area contributed by atoms with Gasteiger partial charge in [-0.3, -0.25) is 4.79 Å². The van der Waals surface area contributed by atoms with Gasteiger partial charge in [0.05, 0.1) is 23.1 Å². The molecule has 1 aromatic carbocycles. The highest BCUT2D eigenvalue weighted by atomic mass is 79.9. The summed E-state index contributed by atoms with van der Waals surface area (Å²) in [5, 5.41) is 0. The van der Waals surface area contributed by atoms with Gasteiger partial charge in [0.2, 0.25) is 0 Å². The first-order valence-corrected chi connectivity index (χ1v) is 5.41. The van der Waals surface area contributed by atoms with Crippen LogP contribution in [0, 0.1) is 0 Å². The Morgan fingerprint density at radius 2 is 2.06 bits per heavy atom. The number of rotatable bonds is 1. The van der Waals surface area contributed by atoms with Gasteiger partial charge in [-0.1, -0.05) is 6.07 Å². The second-order valence-electron chi connectivity index (χ2n) is 3.73. The number of likely N-dealkylation sites (tertiary alicyclic amines) is 1. The van der Waals surface area contributed by atoms with Crippen molar-refractivity contribution < 1.29 is 13.6 Å². The van der Waals surface area contributed by atoms with E-state index in [-0.39, 0.29) is 0 Å². The zero-order valence-electron chi connectivity index (χ0n) is 8.21. The number of alkyl halides is 2. The van der Waals surface area contributed by atoms with Crippen LogP contribution >= 0.6 is 15.9 Å². The zero-order valence-corrected chi connectivity index (χ0v) is 9.80. The third kappa shape index (κ3) is 1.89. The van der Waals surface area contributed by atoms with Gasteiger partial charge in [-0.15, -0.1) is 0 Å². The molecular formula is C10H9BrF2N2O. The van der Waals surface area contributed by atoms with E-state index >= 15 is 0 Å². The minimum atomic E-state index is -2.75. The highest BCUT2D eigenvalue weighted by molar-refractivity contribution is 9.10. The third-order valence-corrected chi connectivity index (χ3v) is 3.28. The number of nitrogen functional groups attached to an aromatic ring is 1. The Kier molecular flexibility index (Phi) is 2.61. The van der Waals surface area contributed by atoms with Gasteiger partial charge < -0.3 is 10.6 Å². The van der Waals surface area contributed by atoms with E-state index in [1.165, 1.54) is 0 Å². The highest BCUT2D eigenvalue weighted by Crippen LogP contribution is 2.31. The first-order chi connectivity index (χ1) is 7.41. The van der Waals surface area contributed by atoms with Crippen LogP contribution in [0.5, 0.6) is 0 Å². The van der Waals surface area contributed by atoms with E-state index in [0.29, 0.717) is 15.7 Å². The van der Waals surface area contributed by atoms with E-state index in [1.54, 1.807) is 18.2 Å². The molecule has 1 aliphatic rings. The van der Waals surface area contributed by atoms with Crippen molar-refractivity contribution in [1.82, 2.24) is 4.90 Å². The number of nitrogens with zero attached hydrogens (tertiary/aromatic N) is 1. The minimum Gasteiger partial charge on any atom is -0.398 e. The second-order valence-corrected chi connectivity index (χ2v) is 4.52. The lowest BCUT2D eigenvalue weighted by molar-refractivity contribution is -0.113. The number of halogens is 3. The lowest BCUT2D eigenvalue weighted by Crippen LogP contribution is -2.58. The lowest BCUT2D eigenvalue weighted by atomic mass is 10.1. The molecule has 0 bridgehead atoms. The zero-order chi connectivity index (χ0) is 11.9. The molecule has 0 aromatic heterocycles. The van der Waals surface area contributed by atoms with Crippen LogP contribution in [-0.2, 0) is 0 Å². The molecule has 2 rings (SSSR count). The number of anilines is 1. The summed E-state index contributed by atoms with van der Waals surface area (Å²) in [4.78, 5) is 12.9. The van der Waals surface area contributed by atoms with Crippen LogP contribution in [0.2, 0.25) is 0 Å². The van der Waals surface area contributed by atoms with Crippen molar-refractivity contribution in [3.63, 3.8) is 0 Å². The van der Waals surface area contributed by atoms with Gasteiger partial charge in [0.15, 0.2) is 0 Å². The fourth-order valence-electron chi connectivity index (χ4n) is 1.54. The standard InChI is InChI=1S/C10H9BrF2N2O/c11-8-6(2-1-3-7(8)14)9(16)15-4-10(12,13)5-15/h1-3H,4-5,14H2. The predicted octanol–water partition coefficient (Wildman–Crippen LogP) is 2.12. The topological polar surface area (TPSA) is 46.3 Å². The summed E-state index contributed by atoms with van der Waals surface area (Å²) < 4.78 is 25.7. The van der Waals surface area contributed by atoms with Crippen LogP contribution in [0.4, 0.5) is 14.5 Å². The molecule has 0 saturated carbocycles. The quantitative estimate of drug-likeness (QED) is 0.806. The summed E-state index contributed by atoms with van der Waals surface area (Å²) in [7, 11) is 0. The Labute approximate surface area is 99.3 Å². The number of carbonyl (C=O) groups excluding carboxylic acids is 1. The van der Waals surface area contributed by atoms with Crippen LogP contribution in [0.15, 0.2) is 22.7 Å². The molecule has 0 spiro atoms. The van der Waals surface area contributed by atoms with Gasteiger partial charge in [-0.2, -0.15) is 0 Å². The molecule has 1 saturated heterocycles. The molecule has 0 aliphatic carbocycles. The summed E-state index contributed by atoms with van der Waals surface area (Å²) in [5.74, 6) is -3.17. The molecule has 0 unspecified atom stereocenters. The summed E-state index contributed by atoms with van der Waals surface area (Å²) in [6.45, 7) is -1.04. The number of benzene rings is 1. The van der Waals surface area contributed by atoms with E-state index in [9.17, 15) is 13.6 Å². The molecule has 1 fully saturated rings. The molecule has 1 amide bonds. The molecule has 3 nitrogen and oxygen atoms in total. The highest BCUT2D eigenvalue weighted by Gasteiger charge is 2.46. The molecule has 16 heavy (non-hydrogen) atoms. The van der Waals surface area contributed by atoms with Crippen molar-refractivity contribution in [1.29, 1.82) is 0 Å². The number of carbonyl (C=O) groups is 1. The monoisotopic (exact) mass is 290 g/mol. The number of nitrogens with two attached hydrogens (primary N) is 1. The summed E-state index contributed by atoms with van der Waals surface area (Å²) in [6.07, 6.45) is 0. The average molecular weight is 291 g/mol. The Hall–Kier alpha value is -1.17. The second kappa shape index (κ2) is 3.69. The van der Waals surface area contributed by atoms with Gasteiger partial charge in [-0.05, 0) is 28.1 Å². The SMILES string of the molecule is Nc1cccc(C(=O)N2CC(F)(F)C2)c1Br. The smallest absolute Gasteiger partial charge is 0.282 e. The van der Waals surface area contributed by atoms with Crippen molar-refractivity contribution in [2.75, 3.05) is 18.8 Å². The predicted molar refractivity (Wildman–Crippen MR) is 59.4 cm³/mol. The van der Waals surface area contributed by atoms with Crippen LogP contribution in [-0.4, -0.2) is 29.8 Å². The van der Waals surface area contributed by atoms with Gasteiger partial charge in [0.1, 0.15) is 0 Å². The van der Waals surface area contributed by atoms with Crippen molar-refractivity contribution in [2.45, 2.75) is 5.92 Å². The van der Waals surface area contributed by atoms with Crippen molar-refractivity contribution >= 4 is 27.5 Å². The molecule has 1 aliphatic heterocycles. The number of hydrogen-bond acceptors (Lipinski definition) is 2. The van der Waals surface area contributed by atoms with E-state index in [1.807, 2.05) is 0 Å². The Bertz CT molecular complexity index is 442. The van der Waals surface area contributed by atoms with Gasteiger partial charge >= 0.3 is 0 Å². The summed E-state index contributed by atoms with van der Waals surface area (Å²) in [5.41, 5.74) is 6.34. The van der Waals surface area contributed by atoms with E-state index in [2.05, 4.69) is 15.9 Å². The average Bonchev–Trinajstić information content (AvgIpc) is 2.17. The number of amides is 1. The van der Waals surface area contributed by atoms with Gasteiger partial charge in [0, 0.05) is 5.69 Å². The van der Waals surface area contributed by atoms with Crippen molar-refractivity contribution in [3.8, 4) is 0 Å². The maximum atomic E-state index is 12.6. The molecule has 1 aromatic rings. The first kappa shape index (κ1) is 11.3. The van der Waals surface area contributed by atoms with E-state index in [4.69, 9.17) is 5.73 Å². The fraction of sp³-hybridized carbons (Fsp3) is 0.300. The van der Waals surface area contributed by atoms with Crippen LogP contribution in [0.1, 0.15) is 10.4 Å². The van der Waals surface area contributed by atoms with Gasteiger partial charge in [0.25, 0.3) is 11.8 Å². The minimum absolute atomic E-state index is 0.315. The van der Waals surface area contributed by atoms with Gasteiger partial charge in [-0.25, -0.2) is 8.78 Å². The first-order valence-electron chi connectivity index (χ1n) is 4.62. The number of hydrogen-bond donors (Lipinski definition) is 1. The Balaban J connectivity index is 2.20. The van der Waals surface area contributed by atoms with Crippen molar-refractivity contribution in [2.24, 2.45) is 0 Å². The largest absolute Gasteiger partial charge is 0.398 e. The molecular weight excluding hydrogens is 282 g/mol. The molecule has 2 N–H and O–H groups in total. The molecule has 1 heterocycles. The van der Waals surface area contributed by atoms with Crippen LogP contribution in [0.25, 0.3) is 0 Å². The maximum Gasteiger partial charge on any atom is 0.282 e. The van der Waals surface area contributed by atoms with E-state index < -0.39 is 24.9 Å². The molecule has 86 valence electrons. The third-order valence-electron chi connectivity index (χ3n) is 2.39.